The van der Waals surface area contributed by atoms with Crippen molar-refractivity contribution in [2.24, 2.45) is 0 Å². The van der Waals surface area contributed by atoms with Gasteiger partial charge in [0.1, 0.15) is 11.9 Å². The van der Waals surface area contributed by atoms with Crippen molar-refractivity contribution in [3.8, 4) is 5.75 Å². The molecular formula is C17H18O2S. The molecule has 1 unspecified atom stereocenters. The number of benzene rings is 2. The van der Waals surface area contributed by atoms with Crippen molar-refractivity contribution < 1.29 is 8.95 Å². The second kappa shape index (κ2) is 5.80. The molecule has 3 heteroatoms. The average Bonchev–Trinajstić information content (AvgIpc) is 2.48. The van der Waals surface area contributed by atoms with E-state index in [1.165, 1.54) is 11.1 Å². The van der Waals surface area contributed by atoms with Crippen molar-refractivity contribution in [3.05, 3.63) is 59.7 Å². The summed E-state index contributed by atoms with van der Waals surface area (Å²) in [4.78, 5) is 0.887. The molecule has 20 heavy (non-hydrogen) atoms. The Labute approximate surface area is 122 Å². The number of rotatable bonds is 3. The number of ether oxygens (including phenoxy) is 1. The van der Waals surface area contributed by atoms with Crippen LogP contribution in [-0.4, -0.2) is 16.1 Å². The smallest absolute Gasteiger partial charge is 0.122 e. The molecule has 0 saturated heterocycles. The number of fused-ring (bicyclic) bond motifs is 1. The second-order valence-electron chi connectivity index (χ2n) is 5.21. The lowest BCUT2D eigenvalue weighted by Crippen LogP contribution is -2.28. The number of para-hydroxylation sites is 1. The Morgan fingerprint density at radius 3 is 2.70 bits per heavy atom. The molecule has 0 radical (unpaired) electrons. The molecule has 1 heterocycles. The highest BCUT2D eigenvalue weighted by atomic mass is 32.2. The summed E-state index contributed by atoms with van der Waals surface area (Å²) in [6, 6.07) is 16.0. The van der Waals surface area contributed by atoms with Crippen LogP contribution in [0, 0.1) is 6.92 Å². The molecule has 2 aromatic carbocycles. The maximum absolute atomic E-state index is 12.4. The van der Waals surface area contributed by atoms with Gasteiger partial charge in [-0.15, -0.1) is 0 Å². The third kappa shape index (κ3) is 2.93. The summed E-state index contributed by atoms with van der Waals surface area (Å²) in [6.07, 6.45) is 1.99. The minimum absolute atomic E-state index is 0.0482. The molecule has 2 nitrogen and oxygen atoms in total. The lowest BCUT2D eigenvalue weighted by molar-refractivity contribution is 0.196. The van der Waals surface area contributed by atoms with E-state index in [0.29, 0.717) is 5.75 Å². The Kier molecular flexibility index (Phi) is 3.88. The van der Waals surface area contributed by atoms with Crippen molar-refractivity contribution in [3.63, 3.8) is 0 Å². The predicted molar refractivity (Wildman–Crippen MR) is 81.6 cm³/mol. The van der Waals surface area contributed by atoms with Crippen LogP contribution in [0.1, 0.15) is 17.5 Å². The lowest BCUT2D eigenvalue weighted by atomic mass is 10.0. The van der Waals surface area contributed by atoms with E-state index < -0.39 is 10.8 Å². The number of hydrogen-bond acceptors (Lipinski definition) is 2. The van der Waals surface area contributed by atoms with E-state index in [2.05, 4.69) is 6.07 Å². The second-order valence-corrected chi connectivity index (χ2v) is 6.71. The Morgan fingerprint density at radius 1 is 1.15 bits per heavy atom. The van der Waals surface area contributed by atoms with Gasteiger partial charge in [-0.05, 0) is 43.5 Å². The Balaban J connectivity index is 1.67. The highest BCUT2D eigenvalue weighted by molar-refractivity contribution is 7.85. The fourth-order valence-electron chi connectivity index (χ4n) is 2.45. The summed E-state index contributed by atoms with van der Waals surface area (Å²) in [6.45, 7) is 2.04. The monoisotopic (exact) mass is 286 g/mol. The zero-order valence-corrected chi connectivity index (χ0v) is 12.4. The fraction of sp³-hybridized carbons (Fsp3) is 0.294. The molecule has 0 spiro atoms. The Bertz CT molecular complexity index is 619. The summed E-state index contributed by atoms with van der Waals surface area (Å²) in [5, 5.41) is 0. The standard InChI is InChI=1S/C17H18O2S/c1-13-6-10-16(11-7-13)20(18)12-15-9-8-14-4-2-3-5-17(14)19-15/h2-7,10-11,15H,8-9,12H2,1H3/t15-,20?/m0/s1. The van der Waals surface area contributed by atoms with Crippen LogP contribution >= 0.6 is 0 Å². The molecule has 0 amide bonds. The molecular weight excluding hydrogens is 268 g/mol. The van der Waals surface area contributed by atoms with E-state index in [1.54, 1.807) is 0 Å². The zero-order valence-electron chi connectivity index (χ0n) is 11.5. The zero-order chi connectivity index (χ0) is 13.9. The van der Waals surface area contributed by atoms with Gasteiger partial charge < -0.3 is 4.74 Å². The maximum atomic E-state index is 12.4. The number of hydrogen-bond donors (Lipinski definition) is 0. The average molecular weight is 286 g/mol. The first kappa shape index (κ1) is 13.4. The molecule has 0 aromatic heterocycles. The third-order valence-corrected chi connectivity index (χ3v) is 5.10. The third-order valence-electron chi connectivity index (χ3n) is 3.62. The first-order chi connectivity index (χ1) is 9.72. The van der Waals surface area contributed by atoms with Gasteiger partial charge in [0.15, 0.2) is 0 Å². The molecule has 2 atom stereocenters. The van der Waals surface area contributed by atoms with Crippen molar-refractivity contribution in [1.82, 2.24) is 0 Å². The summed E-state index contributed by atoms with van der Waals surface area (Å²) in [5.41, 5.74) is 2.44. The Morgan fingerprint density at radius 2 is 1.90 bits per heavy atom. The summed E-state index contributed by atoms with van der Waals surface area (Å²) >= 11 is 0. The molecule has 0 fully saturated rings. The van der Waals surface area contributed by atoms with Crippen LogP contribution in [0.25, 0.3) is 0 Å². The molecule has 104 valence electrons. The molecule has 0 N–H and O–H groups in total. The minimum Gasteiger partial charge on any atom is -0.489 e. The Hall–Kier alpha value is -1.61. The minimum atomic E-state index is -0.991. The van der Waals surface area contributed by atoms with Gasteiger partial charge in [-0.25, -0.2) is 0 Å². The van der Waals surface area contributed by atoms with Crippen molar-refractivity contribution in [2.75, 3.05) is 5.75 Å². The first-order valence-electron chi connectivity index (χ1n) is 6.92. The molecule has 1 aliphatic rings. The van der Waals surface area contributed by atoms with Gasteiger partial charge in [0, 0.05) is 4.90 Å². The van der Waals surface area contributed by atoms with Crippen LogP contribution in [-0.2, 0) is 17.2 Å². The van der Waals surface area contributed by atoms with Gasteiger partial charge in [-0.3, -0.25) is 4.21 Å². The molecule has 3 rings (SSSR count). The normalized spacial score (nSPS) is 18.9. The van der Waals surface area contributed by atoms with Gasteiger partial charge in [0.25, 0.3) is 0 Å². The van der Waals surface area contributed by atoms with Crippen LogP contribution < -0.4 is 4.74 Å². The predicted octanol–water partition coefficient (Wildman–Crippen LogP) is 3.50. The molecule has 2 aromatic rings. The van der Waals surface area contributed by atoms with Gasteiger partial charge >= 0.3 is 0 Å². The van der Waals surface area contributed by atoms with E-state index in [-0.39, 0.29) is 6.10 Å². The summed E-state index contributed by atoms with van der Waals surface area (Å²) < 4.78 is 18.3. The molecule has 0 saturated carbocycles. The topological polar surface area (TPSA) is 26.3 Å². The van der Waals surface area contributed by atoms with Crippen LogP contribution in [0.5, 0.6) is 5.75 Å². The lowest BCUT2D eigenvalue weighted by Gasteiger charge is -2.25. The van der Waals surface area contributed by atoms with Gasteiger partial charge in [-0.1, -0.05) is 35.9 Å². The van der Waals surface area contributed by atoms with Gasteiger partial charge in [0.05, 0.1) is 16.6 Å². The highest BCUT2D eigenvalue weighted by Crippen LogP contribution is 2.27. The van der Waals surface area contributed by atoms with Crippen LogP contribution in [0.15, 0.2) is 53.4 Å². The van der Waals surface area contributed by atoms with E-state index >= 15 is 0 Å². The largest absolute Gasteiger partial charge is 0.489 e. The van der Waals surface area contributed by atoms with E-state index in [4.69, 9.17) is 4.74 Å². The quantitative estimate of drug-likeness (QED) is 0.863. The van der Waals surface area contributed by atoms with E-state index in [1.807, 2.05) is 49.4 Å². The highest BCUT2D eigenvalue weighted by Gasteiger charge is 2.21. The van der Waals surface area contributed by atoms with Gasteiger partial charge in [0.2, 0.25) is 0 Å². The maximum Gasteiger partial charge on any atom is 0.122 e. The van der Waals surface area contributed by atoms with Crippen molar-refractivity contribution >= 4 is 10.8 Å². The van der Waals surface area contributed by atoms with Crippen LogP contribution in [0.4, 0.5) is 0 Å². The van der Waals surface area contributed by atoms with Gasteiger partial charge in [-0.2, -0.15) is 0 Å². The van der Waals surface area contributed by atoms with E-state index in [9.17, 15) is 4.21 Å². The fourth-order valence-corrected chi connectivity index (χ4v) is 3.66. The van der Waals surface area contributed by atoms with Crippen molar-refractivity contribution in [1.29, 1.82) is 0 Å². The molecule has 1 aliphatic heterocycles. The number of aryl methyl sites for hydroxylation is 2. The van der Waals surface area contributed by atoms with Crippen LogP contribution in [0.3, 0.4) is 0 Å². The molecule has 0 aliphatic carbocycles. The van der Waals surface area contributed by atoms with E-state index in [0.717, 1.165) is 23.5 Å². The summed E-state index contributed by atoms with van der Waals surface area (Å²) in [5.74, 6) is 1.52. The van der Waals surface area contributed by atoms with Crippen molar-refractivity contribution in [2.45, 2.75) is 30.8 Å². The molecule has 0 bridgehead atoms. The first-order valence-corrected chi connectivity index (χ1v) is 8.24. The SMILES string of the molecule is Cc1ccc(S(=O)C[C@@H]2CCc3ccccc3O2)cc1. The summed E-state index contributed by atoms with van der Waals surface area (Å²) in [7, 11) is -0.991. The van der Waals surface area contributed by atoms with Crippen LogP contribution in [0.2, 0.25) is 0 Å².